The first-order valence-electron chi connectivity index (χ1n) is 9.82. The number of nitrogens with zero attached hydrogens (tertiary/aromatic N) is 2. The van der Waals surface area contributed by atoms with E-state index in [1.54, 1.807) is 29.1 Å². The van der Waals surface area contributed by atoms with E-state index in [2.05, 4.69) is 0 Å². The van der Waals surface area contributed by atoms with Gasteiger partial charge in [-0.15, -0.1) is 0 Å². The van der Waals surface area contributed by atoms with E-state index in [4.69, 9.17) is 9.57 Å². The standard InChI is InChI=1S/C23H23F3N2O3/c1-22(2)18(13-27(3)30-4)20(28-12-14-7-5-6-8-16(14)21(28)29)17-11-15(23(24,25)26)9-10-19(17)31-22/h5-11H,12-13H2,1-4H3. The molecular weight excluding hydrogens is 409 g/mol. The van der Waals surface area contributed by atoms with Gasteiger partial charge in [0.15, 0.2) is 0 Å². The van der Waals surface area contributed by atoms with Gasteiger partial charge >= 0.3 is 6.18 Å². The number of hydroxylamine groups is 2. The van der Waals surface area contributed by atoms with Gasteiger partial charge in [-0.05, 0) is 43.7 Å². The van der Waals surface area contributed by atoms with E-state index in [-0.39, 0.29) is 24.6 Å². The Morgan fingerprint density at radius 3 is 2.52 bits per heavy atom. The molecule has 2 aliphatic rings. The maximum atomic E-state index is 13.5. The van der Waals surface area contributed by atoms with Crippen molar-refractivity contribution in [2.24, 2.45) is 0 Å². The van der Waals surface area contributed by atoms with Crippen molar-refractivity contribution >= 4 is 11.6 Å². The van der Waals surface area contributed by atoms with Crippen LogP contribution < -0.4 is 4.74 Å². The van der Waals surface area contributed by atoms with Crippen LogP contribution >= 0.6 is 0 Å². The Hall–Kier alpha value is -2.84. The molecule has 0 saturated carbocycles. The summed E-state index contributed by atoms with van der Waals surface area (Å²) >= 11 is 0. The molecule has 5 nitrogen and oxygen atoms in total. The van der Waals surface area contributed by atoms with Crippen LogP contribution in [0.25, 0.3) is 5.70 Å². The predicted octanol–water partition coefficient (Wildman–Crippen LogP) is 4.74. The van der Waals surface area contributed by atoms with Gasteiger partial charge in [0.2, 0.25) is 0 Å². The summed E-state index contributed by atoms with van der Waals surface area (Å²) in [5, 5.41) is 1.55. The normalized spacial score (nSPS) is 17.7. The lowest BCUT2D eigenvalue weighted by Crippen LogP contribution is -2.42. The zero-order valence-corrected chi connectivity index (χ0v) is 17.7. The average molecular weight is 432 g/mol. The topological polar surface area (TPSA) is 42.0 Å². The van der Waals surface area contributed by atoms with Crippen LogP contribution in [0.4, 0.5) is 13.2 Å². The van der Waals surface area contributed by atoms with E-state index >= 15 is 0 Å². The third-order valence-electron chi connectivity index (χ3n) is 5.72. The zero-order chi connectivity index (χ0) is 22.6. The molecule has 2 heterocycles. The van der Waals surface area contributed by atoms with Gasteiger partial charge in [-0.1, -0.05) is 18.2 Å². The molecule has 0 aromatic heterocycles. The third kappa shape index (κ3) is 3.70. The van der Waals surface area contributed by atoms with E-state index in [1.807, 2.05) is 26.0 Å². The maximum absolute atomic E-state index is 13.5. The molecule has 4 rings (SSSR count). The number of halogens is 3. The maximum Gasteiger partial charge on any atom is 0.416 e. The molecule has 0 spiro atoms. The Morgan fingerprint density at radius 2 is 1.87 bits per heavy atom. The summed E-state index contributed by atoms with van der Waals surface area (Å²) < 4.78 is 46.6. The first-order chi connectivity index (χ1) is 14.5. The van der Waals surface area contributed by atoms with Crippen molar-refractivity contribution in [3.63, 3.8) is 0 Å². The number of ether oxygens (including phenoxy) is 1. The zero-order valence-electron chi connectivity index (χ0n) is 17.7. The first-order valence-corrected chi connectivity index (χ1v) is 9.82. The van der Waals surface area contributed by atoms with E-state index in [1.165, 1.54) is 13.2 Å². The van der Waals surface area contributed by atoms with Gasteiger partial charge in [0.05, 0.1) is 31.5 Å². The number of likely N-dealkylation sites (N-methyl/N-ethyl adjacent to an activating group) is 1. The quantitative estimate of drug-likeness (QED) is 0.655. The monoisotopic (exact) mass is 432 g/mol. The Morgan fingerprint density at radius 1 is 1.16 bits per heavy atom. The van der Waals surface area contributed by atoms with Gasteiger partial charge in [-0.25, -0.2) is 0 Å². The van der Waals surface area contributed by atoms with Crippen molar-refractivity contribution in [2.75, 3.05) is 20.7 Å². The van der Waals surface area contributed by atoms with E-state index in [0.29, 0.717) is 22.6 Å². The number of carbonyl (C=O) groups is 1. The van der Waals surface area contributed by atoms with Crippen LogP contribution in [0.2, 0.25) is 0 Å². The van der Waals surface area contributed by atoms with Crippen LogP contribution in [0.1, 0.15) is 40.9 Å². The van der Waals surface area contributed by atoms with Crippen molar-refractivity contribution in [3.05, 3.63) is 70.3 Å². The van der Waals surface area contributed by atoms with Gasteiger partial charge in [0.25, 0.3) is 5.91 Å². The molecule has 0 radical (unpaired) electrons. The molecule has 2 aromatic carbocycles. The third-order valence-corrected chi connectivity index (χ3v) is 5.72. The fourth-order valence-corrected chi connectivity index (χ4v) is 4.06. The van der Waals surface area contributed by atoms with Crippen molar-refractivity contribution in [1.82, 2.24) is 9.96 Å². The average Bonchev–Trinajstić information content (AvgIpc) is 3.03. The molecule has 8 heteroatoms. The van der Waals surface area contributed by atoms with Gasteiger partial charge < -0.3 is 14.5 Å². The highest BCUT2D eigenvalue weighted by molar-refractivity contribution is 6.04. The fraction of sp³-hybridized carbons (Fsp3) is 0.348. The lowest BCUT2D eigenvalue weighted by molar-refractivity contribution is -0.137. The molecule has 0 bridgehead atoms. The summed E-state index contributed by atoms with van der Waals surface area (Å²) in [7, 11) is 3.21. The largest absolute Gasteiger partial charge is 0.483 e. The number of amides is 1. The molecule has 2 aromatic rings. The Kier molecular flexibility index (Phi) is 5.10. The van der Waals surface area contributed by atoms with Gasteiger partial charge in [-0.2, -0.15) is 18.2 Å². The van der Waals surface area contributed by atoms with Crippen molar-refractivity contribution in [3.8, 4) is 5.75 Å². The molecule has 2 aliphatic heterocycles. The molecule has 0 fully saturated rings. The van der Waals surface area contributed by atoms with Crippen LogP contribution in [0.5, 0.6) is 5.75 Å². The molecule has 0 aliphatic carbocycles. The Bertz CT molecular complexity index is 1080. The van der Waals surface area contributed by atoms with E-state index in [0.717, 1.165) is 17.7 Å². The van der Waals surface area contributed by atoms with Crippen molar-refractivity contribution in [2.45, 2.75) is 32.2 Å². The van der Waals surface area contributed by atoms with E-state index < -0.39 is 17.3 Å². The highest BCUT2D eigenvalue weighted by Gasteiger charge is 2.42. The molecule has 0 unspecified atom stereocenters. The van der Waals surface area contributed by atoms with Crippen molar-refractivity contribution < 1.29 is 27.5 Å². The van der Waals surface area contributed by atoms with E-state index in [9.17, 15) is 18.0 Å². The summed E-state index contributed by atoms with van der Waals surface area (Å²) in [5.74, 6) is 0.0600. The van der Waals surface area contributed by atoms with Crippen LogP contribution in [0.3, 0.4) is 0 Å². The summed E-state index contributed by atoms with van der Waals surface area (Å²) in [6, 6.07) is 10.6. The Balaban J connectivity index is 1.95. The minimum atomic E-state index is -4.52. The number of fused-ring (bicyclic) bond motifs is 2. The number of hydrogen-bond acceptors (Lipinski definition) is 4. The summed E-state index contributed by atoms with van der Waals surface area (Å²) in [5.41, 5.74) is 1.05. The number of rotatable bonds is 4. The minimum Gasteiger partial charge on any atom is -0.483 e. The SMILES string of the molecule is CON(C)CC1=C(N2Cc3ccccc3C2=O)c2cc(C(F)(F)F)ccc2OC1(C)C. The highest BCUT2D eigenvalue weighted by atomic mass is 19.4. The van der Waals surface area contributed by atoms with Crippen molar-refractivity contribution in [1.29, 1.82) is 0 Å². The molecule has 0 saturated heterocycles. The highest BCUT2D eigenvalue weighted by Crippen LogP contribution is 2.46. The fourth-order valence-electron chi connectivity index (χ4n) is 4.06. The van der Waals surface area contributed by atoms with Gasteiger partial charge in [0, 0.05) is 23.7 Å². The number of carbonyl (C=O) groups excluding carboxylic acids is 1. The lowest BCUT2D eigenvalue weighted by Gasteiger charge is -2.40. The van der Waals surface area contributed by atoms with Gasteiger partial charge in [-0.3, -0.25) is 4.79 Å². The summed E-state index contributed by atoms with van der Waals surface area (Å²) in [6.07, 6.45) is -4.52. The predicted molar refractivity (Wildman–Crippen MR) is 109 cm³/mol. The molecule has 31 heavy (non-hydrogen) atoms. The van der Waals surface area contributed by atoms with Crippen LogP contribution in [-0.4, -0.2) is 42.2 Å². The molecular formula is C23H23F3N2O3. The molecule has 164 valence electrons. The summed E-state index contributed by atoms with van der Waals surface area (Å²) in [4.78, 5) is 20.1. The van der Waals surface area contributed by atoms with Gasteiger partial charge in [0.1, 0.15) is 11.4 Å². The van der Waals surface area contributed by atoms with Crippen LogP contribution in [-0.2, 0) is 17.6 Å². The number of hydrogen-bond donors (Lipinski definition) is 0. The lowest BCUT2D eigenvalue weighted by atomic mass is 9.88. The van der Waals surface area contributed by atoms with Crippen LogP contribution in [0, 0.1) is 0 Å². The smallest absolute Gasteiger partial charge is 0.416 e. The second kappa shape index (κ2) is 7.39. The second-order valence-corrected chi connectivity index (χ2v) is 8.17. The first kappa shape index (κ1) is 21.4. The number of alkyl halides is 3. The molecule has 0 N–H and O–H groups in total. The van der Waals surface area contributed by atoms with Crippen LogP contribution in [0.15, 0.2) is 48.0 Å². The minimum absolute atomic E-state index is 0.245. The molecule has 0 atom stereocenters. The Labute approximate surface area is 178 Å². The number of benzene rings is 2. The second-order valence-electron chi connectivity index (χ2n) is 8.17. The molecule has 1 amide bonds. The summed E-state index contributed by atoms with van der Waals surface area (Å²) in [6.45, 7) is 4.19.